The van der Waals surface area contributed by atoms with Gasteiger partial charge in [0.2, 0.25) is 5.91 Å². The van der Waals surface area contributed by atoms with Crippen LogP contribution in [0.3, 0.4) is 0 Å². The lowest BCUT2D eigenvalue weighted by Crippen LogP contribution is -2.32. The second kappa shape index (κ2) is 8.74. The summed E-state index contributed by atoms with van der Waals surface area (Å²) >= 11 is 3.32. The van der Waals surface area contributed by atoms with Gasteiger partial charge in [0.1, 0.15) is 0 Å². The molecule has 0 spiro atoms. The number of benzene rings is 1. The summed E-state index contributed by atoms with van der Waals surface area (Å²) in [7, 11) is 0. The summed E-state index contributed by atoms with van der Waals surface area (Å²) in [6, 6.07) is 4.67. The Bertz CT molecular complexity index is 504. The zero-order chi connectivity index (χ0) is 15.8. The fourth-order valence-electron chi connectivity index (χ4n) is 1.95. The van der Waals surface area contributed by atoms with Crippen LogP contribution in [-0.2, 0) is 11.3 Å². The molecule has 1 N–H and O–H groups in total. The van der Waals surface area contributed by atoms with Gasteiger partial charge in [-0.3, -0.25) is 14.9 Å². The number of hydrogen-bond acceptors (Lipinski definition) is 4. The minimum atomic E-state index is -0.426. The van der Waals surface area contributed by atoms with E-state index in [2.05, 4.69) is 21.2 Å². The lowest BCUT2D eigenvalue weighted by Gasteiger charge is -2.18. The standard InChI is InChI=1S/C14H20BrN3O3/c1-3-17(4-2)14(19)7-8-16-10-11-5-6-12(18(20)21)9-13(11)15/h5-6,9,16H,3-4,7-8,10H2,1-2H3. The molecule has 1 rings (SSSR count). The number of rotatable bonds is 8. The lowest BCUT2D eigenvalue weighted by atomic mass is 10.2. The fraction of sp³-hybridized carbons (Fsp3) is 0.500. The van der Waals surface area contributed by atoms with E-state index in [0.29, 0.717) is 24.0 Å². The van der Waals surface area contributed by atoms with Crippen LogP contribution in [0.5, 0.6) is 0 Å². The van der Waals surface area contributed by atoms with Gasteiger partial charge in [-0.25, -0.2) is 0 Å². The molecule has 1 aromatic rings. The highest BCUT2D eigenvalue weighted by Crippen LogP contribution is 2.22. The van der Waals surface area contributed by atoms with Gasteiger partial charge in [0, 0.05) is 49.2 Å². The van der Waals surface area contributed by atoms with Crippen molar-refractivity contribution in [1.29, 1.82) is 0 Å². The Labute approximate surface area is 132 Å². The Morgan fingerprint density at radius 3 is 2.57 bits per heavy atom. The summed E-state index contributed by atoms with van der Waals surface area (Å²) in [5.41, 5.74) is 0.984. The van der Waals surface area contributed by atoms with E-state index in [1.165, 1.54) is 12.1 Å². The molecule has 0 aliphatic rings. The van der Waals surface area contributed by atoms with Crippen molar-refractivity contribution in [2.24, 2.45) is 0 Å². The van der Waals surface area contributed by atoms with E-state index in [1.807, 2.05) is 13.8 Å². The van der Waals surface area contributed by atoms with Crippen LogP contribution in [0.15, 0.2) is 22.7 Å². The molecule has 6 nitrogen and oxygen atoms in total. The third-order valence-corrected chi connectivity index (χ3v) is 3.93. The highest BCUT2D eigenvalue weighted by atomic mass is 79.9. The molecule has 0 fully saturated rings. The molecule has 116 valence electrons. The molecule has 0 aliphatic carbocycles. The SMILES string of the molecule is CCN(CC)C(=O)CCNCc1ccc([N+](=O)[O-])cc1Br. The number of amides is 1. The smallest absolute Gasteiger partial charge is 0.270 e. The first-order valence-electron chi connectivity index (χ1n) is 6.90. The summed E-state index contributed by atoms with van der Waals surface area (Å²) < 4.78 is 0.694. The van der Waals surface area contributed by atoms with Gasteiger partial charge in [-0.15, -0.1) is 0 Å². The molecule has 0 saturated heterocycles. The monoisotopic (exact) mass is 357 g/mol. The van der Waals surface area contributed by atoms with Crippen molar-refractivity contribution >= 4 is 27.5 Å². The van der Waals surface area contributed by atoms with E-state index in [4.69, 9.17) is 0 Å². The summed E-state index contributed by atoms with van der Waals surface area (Å²) in [6.45, 7) is 6.51. The Balaban J connectivity index is 2.43. The number of nitrogens with zero attached hydrogens (tertiary/aromatic N) is 2. The van der Waals surface area contributed by atoms with Crippen LogP contribution < -0.4 is 5.32 Å². The van der Waals surface area contributed by atoms with Gasteiger partial charge < -0.3 is 10.2 Å². The molecule has 0 radical (unpaired) electrons. The summed E-state index contributed by atoms with van der Waals surface area (Å²) in [4.78, 5) is 23.8. The largest absolute Gasteiger partial charge is 0.343 e. The molecule has 0 unspecified atom stereocenters. The van der Waals surface area contributed by atoms with Crippen molar-refractivity contribution in [2.45, 2.75) is 26.8 Å². The van der Waals surface area contributed by atoms with Crippen LogP contribution in [0.4, 0.5) is 5.69 Å². The van der Waals surface area contributed by atoms with Crippen LogP contribution in [-0.4, -0.2) is 35.4 Å². The van der Waals surface area contributed by atoms with E-state index in [9.17, 15) is 14.9 Å². The average molecular weight is 358 g/mol. The van der Waals surface area contributed by atoms with Gasteiger partial charge >= 0.3 is 0 Å². The van der Waals surface area contributed by atoms with Crippen LogP contribution in [0, 0.1) is 10.1 Å². The van der Waals surface area contributed by atoms with Crippen molar-refractivity contribution in [3.63, 3.8) is 0 Å². The third-order valence-electron chi connectivity index (χ3n) is 3.19. The summed E-state index contributed by atoms with van der Waals surface area (Å²) in [6.07, 6.45) is 0.451. The van der Waals surface area contributed by atoms with Crippen molar-refractivity contribution in [3.8, 4) is 0 Å². The van der Waals surface area contributed by atoms with Crippen LogP contribution in [0.25, 0.3) is 0 Å². The van der Waals surface area contributed by atoms with Gasteiger partial charge in [-0.2, -0.15) is 0 Å². The fourth-order valence-corrected chi connectivity index (χ4v) is 2.45. The number of halogens is 1. The minimum absolute atomic E-state index is 0.0577. The maximum atomic E-state index is 11.8. The molecule has 0 saturated carbocycles. The van der Waals surface area contributed by atoms with Crippen LogP contribution in [0.1, 0.15) is 25.8 Å². The summed E-state index contributed by atoms with van der Waals surface area (Å²) in [5, 5.41) is 13.8. The number of hydrogen-bond donors (Lipinski definition) is 1. The predicted octanol–water partition coefficient (Wildman–Crippen LogP) is 2.71. The second-order valence-corrected chi connectivity index (χ2v) is 5.38. The van der Waals surface area contributed by atoms with Crippen molar-refractivity contribution < 1.29 is 9.72 Å². The van der Waals surface area contributed by atoms with Crippen molar-refractivity contribution in [3.05, 3.63) is 38.3 Å². The Hall–Kier alpha value is -1.47. The quantitative estimate of drug-likeness (QED) is 0.440. The van der Waals surface area contributed by atoms with Gasteiger partial charge in [0.05, 0.1) is 4.92 Å². The molecular formula is C14H20BrN3O3. The van der Waals surface area contributed by atoms with Crippen molar-refractivity contribution in [2.75, 3.05) is 19.6 Å². The van der Waals surface area contributed by atoms with Gasteiger partial charge in [-0.1, -0.05) is 15.9 Å². The number of nitro benzene ring substituents is 1. The van der Waals surface area contributed by atoms with Crippen molar-refractivity contribution in [1.82, 2.24) is 10.2 Å². The minimum Gasteiger partial charge on any atom is -0.343 e. The first-order chi connectivity index (χ1) is 9.99. The Kier molecular flexibility index (Phi) is 7.31. The predicted molar refractivity (Wildman–Crippen MR) is 85.0 cm³/mol. The molecule has 0 heterocycles. The molecule has 0 aromatic heterocycles. The van der Waals surface area contributed by atoms with Crippen LogP contribution in [0.2, 0.25) is 0 Å². The first-order valence-corrected chi connectivity index (χ1v) is 7.70. The van der Waals surface area contributed by atoms with Gasteiger partial charge in [-0.05, 0) is 25.5 Å². The molecule has 0 atom stereocenters. The van der Waals surface area contributed by atoms with E-state index in [0.717, 1.165) is 18.7 Å². The van der Waals surface area contributed by atoms with Crippen LogP contribution >= 0.6 is 15.9 Å². The number of nitrogens with one attached hydrogen (secondary N) is 1. The third kappa shape index (κ3) is 5.43. The maximum absolute atomic E-state index is 11.8. The zero-order valence-electron chi connectivity index (χ0n) is 12.3. The summed E-state index contributed by atoms with van der Waals surface area (Å²) in [5.74, 6) is 0.135. The van der Waals surface area contributed by atoms with E-state index >= 15 is 0 Å². The number of carbonyl (C=O) groups is 1. The first kappa shape index (κ1) is 17.6. The molecule has 1 amide bonds. The number of nitro groups is 1. The maximum Gasteiger partial charge on any atom is 0.270 e. The molecule has 0 bridgehead atoms. The van der Waals surface area contributed by atoms with E-state index in [1.54, 1.807) is 11.0 Å². The number of carbonyl (C=O) groups excluding carboxylic acids is 1. The Morgan fingerprint density at radius 2 is 2.05 bits per heavy atom. The molecule has 1 aromatic carbocycles. The lowest BCUT2D eigenvalue weighted by molar-refractivity contribution is -0.384. The molecule has 21 heavy (non-hydrogen) atoms. The van der Waals surface area contributed by atoms with E-state index < -0.39 is 4.92 Å². The van der Waals surface area contributed by atoms with E-state index in [-0.39, 0.29) is 11.6 Å². The zero-order valence-corrected chi connectivity index (χ0v) is 13.9. The molecule has 0 aliphatic heterocycles. The average Bonchev–Trinajstić information content (AvgIpc) is 2.46. The van der Waals surface area contributed by atoms with Gasteiger partial charge in [0.25, 0.3) is 5.69 Å². The number of non-ortho nitro benzene ring substituents is 1. The topological polar surface area (TPSA) is 75.5 Å². The Morgan fingerprint density at radius 1 is 1.38 bits per heavy atom. The highest BCUT2D eigenvalue weighted by Gasteiger charge is 2.10. The highest BCUT2D eigenvalue weighted by molar-refractivity contribution is 9.10. The second-order valence-electron chi connectivity index (χ2n) is 4.53. The molecular weight excluding hydrogens is 338 g/mol. The van der Waals surface area contributed by atoms with Gasteiger partial charge in [0.15, 0.2) is 0 Å². The molecule has 7 heteroatoms. The normalized spacial score (nSPS) is 10.4.